The SMILES string of the molecule is COC(=O)c1ccc(OCC(=O)N2CCN(C(=O)[C@@H]3C[C@H]3c3ccccc3)CC2)cc1. The molecule has 0 bridgehead atoms. The van der Waals surface area contributed by atoms with Gasteiger partial charge in [0.25, 0.3) is 5.91 Å². The first-order valence-corrected chi connectivity index (χ1v) is 10.5. The Morgan fingerprint density at radius 2 is 1.55 bits per heavy atom. The molecule has 0 spiro atoms. The highest BCUT2D eigenvalue weighted by Crippen LogP contribution is 2.48. The minimum absolute atomic E-state index is 0.0703. The number of hydrogen-bond acceptors (Lipinski definition) is 5. The predicted molar refractivity (Wildman–Crippen MR) is 114 cm³/mol. The van der Waals surface area contributed by atoms with Gasteiger partial charge in [0.15, 0.2) is 6.61 Å². The van der Waals surface area contributed by atoms with Crippen LogP contribution < -0.4 is 4.74 Å². The second-order valence-corrected chi connectivity index (χ2v) is 7.87. The molecule has 1 aliphatic carbocycles. The van der Waals surface area contributed by atoms with Gasteiger partial charge < -0.3 is 19.3 Å². The van der Waals surface area contributed by atoms with E-state index in [1.54, 1.807) is 29.2 Å². The fraction of sp³-hybridized carbons (Fsp3) is 0.375. The van der Waals surface area contributed by atoms with Crippen molar-refractivity contribution in [1.29, 1.82) is 0 Å². The molecule has 162 valence electrons. The van der Waals surface area contributed by atoms with Crippen LogP contribution in [0.3, 0.4) is 0 Å². The monoisotopic (exact) mass is 422 g/mol. The molecular formula is C24H26N2O5. The molecule has 0 unspecified atom stereocenters. The average molecular weight is 422 g/mol. The third-order valence-electron chi connectivity index (χ3n) is 5.92. The van der Waals surface area contributed by atoms with E-state index in [4.69, 9.17) is 4.74 Å². The first-order chi connectivity index (χ1) is 15.1. The van der Waals surface area contributed by atoms with Gasteiger partial charge in [-0.2, -0.15) is 0 Å². The van der Waals surface area contributed by atoms with Crippen molar-refractivity contribution in [3.05, 3.63) is 65.7 Å². The molecule has 2 aromatic carbocycles. The molecule has 7 heteroatoms. The van der Waals surface area contributed by atoms with E-state index in [-0.39, 0.29) is 24.3 Å². The van der Waals surface area contributed by atoms with Crippen molar-refractivity contribution in [2.24, 2.45) is 5.92 Å². The van der Waals surface area contributed by atoms with E-state index in [1.165, 1.54) is 12.7 Å². The maximum absolute atomic E-state index is 12.8. The average Bonchev–Trinajstić information content (AvgIpc) is 3.63. The molecular weight excluding hydrogens is 396 g/mol. The summed E-state index contributed by atoms with van der Waals surface area (Å²) in [6, 6.07) is 16.6. The van der Waals surface area contributed by atoms with Gasteiger partial charge >= 0.3 is 5.97 Å². The summed E-state index contributed by atoms with van der Waals surface area (Å²) in [6.45, 7) is 2.05. The van der Waals surface area contributed by atoms with E-state index in [1.807, 2.05) is 23.1 Å². The fourth-order valence-electron chi connectivity index (χ4n) is 3.99. The molecule has 2 aliphatic rings. The van der Waals surface area contributed by atoms with Crippen molar-refractivity contribution < 1.29 is 23.9 Å². The van der Waals surface area contributed by atoms with Gasteiger partial charge in [-0.25, -0.2) is 4.79 Å². The number of amides is 2. The van der Waals surface area contributed by atoms with Crippen molar-refractivity contribution in [3.63, 3.8) is 0 Å². The van der Waals surface area contributed by atoms with E-state index in [0.717, 1.165) is 6.42 Å². The molecule has 0 N–H and O–H groups in total. The molecule has 2 amide bonds. The van der Waals surface area contributed by atoms with Crippen LogP contribution in [0.15, 0.2) is 54.6 Å². The minimum Gasteiger partial charge on any atom is -0.484 e. The van der Waals surface area contributed by atoms with E-state index < -0.39 is 5.97 Å². The summed E-state index contributed by atoms with van der Waals surface area (Å²) >= 11 is 0. The standard InChI is InChI=1S/C24H26N2O5/c1-30-24(29)18-7-9-19(10-8-18)31-16-22(27)25-11-13-26(14-12-25)23(28)21-15-20(21)17-5-3-2-4-6-17/h2-10,20-21H,11-16H2,1H3/t20-,21+/m0/s1. The van der Waals surface area contributed by atoms with Crippen molar-refractivity contribution in [3.8, 4) is 5.75 Å². The van der Waals surface area contributed by atoms with E-state index in [9.17, 15) is 14.4 Å². The van der Waals surface area contributed by atoms with Crippen LogP contribution in [0.1, 0.15) is 28.3 Å². The topological polar surface area (TPSA) is 76.2 Å². The Bertz CT molecular complexity index is 936. The Morgan fingerprint density at radius 1 is 0.903 bits per heavy atom. The zero-order valence-electron chi connectivity index (χ0n) is 17.5. The van der Waals surface area contributed by atoms with Gasteiger partial charge in [0.2, 0.25) is 5.91 Å². The Hall–Kier alpha value is -3.35. The van der Waals surface area contributed by atoms with Crippen LogP contribution in [0.2, 0.25) is 0 Å². The molecule has 1 saturated heterocycles. The largest absolute Gasteiger partial charge is 0.484 e. The lowest BCUT2D eigenvalue weighted by Crippen LogP contribution is -2.52. The quantitative estimate of drug-likeness (QED) is 0.668. The maximum atomic E-state index is 12.8. The molecule has 2 fully saturated rings. The highest BCUT2D eigenvalue weighted by molar-refractivity contribution is 5.89. The van der Waals surface area contributed by atoms with Gasteiger partial charge in [0.05, 0.1) is 12.7 Å². The molecule has 0 aromatic heterocycles. The number of benzene rings is 2. The minimum atomic E-state index is -0.420. The molecule has 1 heterocycles. The molecule has 2 atom stereocenters. The van der Waals surface area contributed by atoms with Gasteiger partial charge in [0.1, 0.15) is 5.75 Å². The molecule has 1 saturated carbocycles. The summed E-state index contributed by atoms with van der Waals surface area (Å²) < 4.78 is 10.2. The molecule has 4 rings (SSSR count). The van der Waals surface area contributed by atoms with Crippen LogP contribution in [0.25, 0.3) is 0 Å². The number of piperazine rings is 1. The Morgan fingerprint density at radius 3 is 2.19 bits per heavy atom. The predicted octanol–water partition coefficient (Wildman–Crippen LogP) is 2.33. The van der Waals surface area contributed by atoms with Crippen LogP contribution in [0.4, 0.5) is 0 Å². The molecule has 31 heavy (non-hydrogen) atoms. The Kier molecular flexibility index (Phi) is 6.21. The molecule has 2 aromatic rings. The number of hydrogen-bond donors (Lipinski definition) is 0. The summed E-state index contributed by atoms with van der Waals surface area (Å²) in [6.07, 6.45) is 0.907. The van der Waals surface area contributed by atoms with Gasteiger partial charge in [-0.1, -0.05) is 30.3 Å². The van der Waals surface area contributed by atoms with E-state index >= 15 is 0 Å². The summed E-state index contributed by atoms with van der Waals surface area (Å²) in [5.74, 6) is 0.570. The highest BCUT2D eigenvalue weighted by Gasteiger charge is 2.46. The van der Waals surface area contributed by atoms with Gasteiger partial charge in [-0.3, -0.25) is 9.59 Å². The van der Waals surface area contributed by atoms with Crippen LogP contribution in [-0.4, -0.2) is 67.5 Å². The van der Waals surface area contributed by atoms with Crippen molar-refractivity contribution >= 4 is 17.8 Å². The summed E-state index contributed by atoms with van der Waals surface area (Å²) in [5, 5.41) is 0. The first kappa shape index (κ1) is 20.9. The zero-order chi connectivity index (χ0) is 21.8. The second-order valence-electron chi connectivity index (χ2n) is 7.87. The summed E-state index contributed by atoms with van der Waals surface area (Å²) in [5.41, 5.74) is 1.65. The Balaban J connectivity index is 1.21. The second kappa shape index (κ2) is 9.20. The fourth-order valence-corrected chi connectivity index (χ4v) is 3.99. The van der Waals surface area contributed by atoms with Gasteiger partial charge in [-0.05, 0) is 42.2 Å². The van der Waals surface area contributed by atoms with Crippen LogP contribution in [0.5, 0.6) is 5.75 Å². The summed E-state index contributed by atoms with van der Waals surface area (Å²) in [4.78, 5) is 40.3. The maximum Gasteiger partial charge on any atom is 0.337 e. The number of carbonyl (C=O) groups excluding carboxylic acids is 3. The number of methoxy groups -OCH3 is 1. The number of nitrogens with zero attached hydrogens (tertiary/aromatic N) is 2. The number of rotatable bonds is 6. The zero-order valence-corrected chi connectivity index (χ0v) is 17.5. The number of esters is 1. The normalized spacial score (nSPS) is 20.2. The molecule has 0 radical (unpaired) electrons. The summed E-state index contributed by atoms with van der Waals surface area (Å²) in [7, 11) is 1.32. The van der Waals surface area contributed by atoms with Crippen molar-refractivity contribution in [2.45, 2.75) is 12.3 Å². The van der Waals surface area contributed by atoms with Crippen LogP contribution >= 0.6 is 0 Å². The van der Waals surface area contributed by atoms with Gasteiger partial charge in [-0.15, -0.1) is 0 Å². The Labute approximate surface area is 181 Å². The van der Waals surface area contributed by atoms with Crippen LogP contribution in [-0.2, 0) is 14.3 Å². The highest BCUT2D eigenvalue weighted by atomic mass is 16.5. The van der Waals surface area contributed by atoms with E-state index in [2.05, 4.69) is 16.9 Å². The smallest absolute Gasteiger partial charge is 0.337 e. The lowest BCUT2D eigenvalue weighted by Gasteiger charge is -2.35. The third kappa shape index (κ3) is 4.87. The van der Waals surface area contributed by atoms with Gasteiger partial charge in [0, 0.05) is 32.1 Å². The number of ether oxygens (including phenoxy) is 2. The lowest BCUT2D eigenvalue weighted by atomic mass is 10.1. The molecule has 1 aliphatic heterocycles. The van der Waals surface area contributed by atoms with Crippen LogP contribution in [0, 0.1) is 5.92 Å². The number of carbonyl (C=O) groups is 3. The van der Waals surface area contributed by atoms with Crippen molar-refractivity contribution in [2.75, 3.05) is 39.9 Å². The molecule has 7 nitrogen and oxygen atoms in total. The van der Waals surface area contributed by atoms with Crippen molar-refractivity contribution in [1.82, 2.24) is 9.80 Å². The lowest BCUT2D eigenvalue weighted by molar-refractivity contribution is -0.141. The van der Waals surface area contributed by atoms with E-state index in [0.29, 0.717) is 43.4 Å². The third-order valence-corrected chi connectivity index (χ3v) is 5.92. The first-order valence-electron chi connectivity index (χ1n) is 10.5.